The third-order valence-corrected chi connectivity index (χ3v) is 4.12. The highest BCUT2D eigenvalue weighted by atomic mass is 79.9. The molecule has 1 N–H and O–H groups in total. The van der Waals surface area contributed by atoms with Crippen LogP contribution in [0.1, 0.15) is 33.6 Å². The summed E-state index contributed by atoms with van der Waals surface area (Å²) in [4.78, 5) is 4.32. The Morgan fingerprint density at radius 2 is 2.26 bits per heavy atom. The first-order valence-corrected chi connectivity index (χ1v) is 8.16. The first-order valence-electron chi connectivity index (χ1n) is 6.38. The molecule has 0 saturated heterocycles. The van der Waals surface area contributed by atoms with Crippen LogP contribution in [0.15, 0.2) is 27.8 Å². The van der Waals surface area contributed by atoms with Gasteiger partial charge >= 0.3 is 0 Å². The molecule has 5 heteroatoms. The molecular weight excluding hydrogens is 322 g/mol. The van der Waals surface area contributed by atoms with E-state index in [1.807, 2.05) is 25.3 Å². The minimum atomic E-state index is -0.429. The summed E-state index contributed by atoms with van der Waals surface area (Å²) in [6, 6.07) is 6.70. The van der Waals surface area contributed by atoms with Crippen LogP contribution in [0.3, 0.4) is 0 Å². The molecule has 0 fully saturated rings. The van der Waals surface area contributed by atoms with E-state index in [1.165, 1.54) is 0 Å². The van der Waals surface area contributed by atoms with E-state index in [0.717, 1.165) is 28.1 Å². The molecule has 1 aromatic rings. The maximum absolute atomic E-state index is 9.24. The number of nitrogens with one attached hydrogen (secondary N) is 1. The summed E-state index contributed by atoms with van der Waals surface area (Å²) in [5.41, 5.74) is -0.429. The predicted octanol–water partition coefficient (Wildman–Crippen LogP) is 4.00. The van der Waals surface area contributed by atoms with Gasteiger partial charge in [0.05, 0.1) is 11.1 Å². The van der Waals surface area contributed by atoms with Crippen LogP contribution >= 0.6 is 27.7 Å². The van der Waals surface area contributed by atoms with Gasteiger partial charge in [-0.1, -0.05) is 0 Å². The van der Waals surface area contributed by atoms with Crippen LogP contribution in [0.4, 0.5) is 0 Å². The van der Waals surface area contributed by atoms with E-state index in [9.17, 15) is 5.26 Å². The highest BCUT2D eigenvalue weighted by Gasteiger charge is 2.23. The Bertz CT molecular complexity index is 427. The van der Waals surface area contributed by atoms with Crippen LogP contribution in [0, 0.1) is 11.3 Å². The van der Waals surface area contributed by atoms with Gasteiger partial charge in [0.15, 0.2) is 0 Å². The van der Waals surface area contributed by atoms with Crippen molar-refractivity contribution < 1.29 is 0 Å². The molecule has 0 aliphatic carbocycles. The average molecular weight is 342 g/mol. The Kier molecular flexibility index (Phi) is 6.84. The van der Waals surface area contributed by atoms with Gasteiger partial charge in [0.2, 0.25) is 0 Å². The van der Waals surface area contributed by atoms with E-state index in [0.29, 0.717) is 6.04 Å². The number of halogens is 1. The van der Waals surface area contributed by atoms with Gasteiger partial charge in [0.25, 0.3) is 0 Å². The van der Waals surface area contributed by atoms with E-state index in [1.54, 1.807) is 11.8 Å². The first-order chi connectivity index (χ1) is 8.95. The summed E-state index contributed by atoms with van der Waals surface area (Å²) in [6.07, 6.45) is 3.65. The van der Waals surface area contributed by atoms with Crippen molar-refractivity contribution in [3.8, 4) is 6.07 Å². The van der Waals surface area contributed by atoms with Gasteiger partial charge in [-0.05, 0) is 67.4 Å². The van der Waals surface area contributed by atoms with E-state index in [4.69, 9.17) is 0 Å². The molecule has 104 valence electrons. The lowest BCUT2D eigenvalue weighted by Gasteiger charge is -2.25. The van der Waals surface area contributed by atoms with Crippen molar-refractivity contribution in [3.63, 3.8) is 0 Å². The second-order valence-corrected chi connectivity index (χ2v) is 7.04. The van der Waals surface area contributed by atoms with E-state index in [-0.39, 0.29) is 0 Å². The molecule has 0 aromatic carbocycles. The number of thioether (sulfide) groups is 1. The molecule has 1 heterocycles. The number of pyridine rings is 1. The van der Waals surface area contributed by atoms with Crippen molar-refractivity contribution in [1.29, 1.82) is 5.26 Å². The smallest absolute Gasteiger partial charge is 0.104 e. The number of aromatic nitrogens is 1. The lowest BCUT2D eigenvalue weighted by atomic mass is 9.97. The third kappa shape index (κ3) is 6.42. The van der Waals surface area contributed by atoms with Crippen LogP contribution in [0.2, 0.25) is 0 Å². The maximum Gasteiger partial charge on any atom is 0.104 e. The van der Waals surface area contributed by atoms with Crippen LogP contribution in [-0.4, -0.2) is 22.3 Å². The molecule has 3 nitrogen and oxygen atoms in total. The van der Waals surface area contributed by atoms with Crippen molar-refractivity contribution in [2.24, 2.45) is 0 Å². The van der Waals surface area contributed by atoms with Gasteiger partial charge in [-0.25, -0.2) is 4.98 Å². The largest absolute Gasteiger partial charge is 0.297 e. The molecule has 19 heavy (non-hydrogen) atoms. The Morgan fingerprint density at radius 3 is 2.79 bits per heavy atom. The third-order valence-electron chi connectivity index (χ3n) is 2.63. The summed E-state index contributed by atoms with van der Waals surface area (Å²) in [7, 11) is 0. The zero-order valence-corrected chi connectivity index (χ0v) is 14.0. The standard InChI is InChI=1S/C14H20BrN3S/c1-11(2)18-14(3,10-16)7-4-8-19-13-6-5-12(15)9-17-13/h5-6,9,11,18H,4,7-8H2,1-3H3. The van der Waals surface area contributed by atoms with E-state index in [2.05, 4.69) is 46.1 Å². The summed E-state index contributed by atoms with van der Waals surface area (Å²) in [6.45, 7) is 6.10. The minimum absolute atomic E-state index is 0.324. The van der Waals surface area contributed by atoms with Gasteiger partial charge in [-0.15, -0.1) is 11.8 Å². The molecule has 1 unspecified atom stereocenters. The SMILES string of the molecule is CC(C)NC(C)(C#N)CCCSc1ccc(Br)cn1. The van der Waals surface area contributed by atoms with Crippen molar-refractivity contribution in [2.45, 2.75) is 50.2 Å². The predicted molar refractivity (Wildman–Crippen MR) is 84.2 cm³/mol. The van der Waals surface area contributed by atoms with Crippen LogP contribution < -0.4 is 5.32 Å². The lowest BCUT2D eigenvalue weighted by Crippen LogP contribution is -2.44. The van der Waals surface area contributed by atoms with Crippen molar-refractivity contribution in [2.75, 3.05) is 5.75 Å². The maximum atomic E-state index is 9.24. The highest BCUT2D eigenvalue weighted by Crippen LogP contribution is 2.21. The van der Waals surface area contributed by atoms with Crippen molar-refractivity contribution in [3.05, 3.63) is 22.8 Å². The van der Waals surface area contributed by atoms with Gasteiger partial charge in [0, 0.05) is 16.7 Å². The van der Waals surface area contributed by atoms with Crippen molar-refractivity contribution >= 4 is 27.7 Å². The zero-order valence-electron chi connectivity index (χ0n) is 11.6. The Labute approximate surface area is 128 Å². The molecular formula is C14H20BrN3S. The summed E-state index contributed by atoms with van der Waals surface area (Å²) < 4.78 is 0.995. The molecule has 1 atom stereocenters. The second kappa shape index (κ2) is 7.88. The minimum Gasteiger partial charge on any atom is -0.297 e. The van der Waals surface area contributed by atoms with Crippen LogP contribution in [0.25, 0.3) is 0 Å². The molecule has 0 spiro atoms. The molecule has 0 saturated carbocycles. The highest BCUT2D eigenvalue weighted by molar-refractivity contribution is 9.10. The normalized spacial score (nSPS) is 14.1. The fourth-order valence-electron chi connectivity index (χ4n) is 1.85. The summed E-state index contributed by atoms with van der Waals surface area (Å²) >= 11 is 5.10. The Hall–Kier alpha value is -0.570. The fraction of sp³-hybridized carbons (Fsp3) is 0.571. The Morgan fingerprint density at radius 1 is 1.53 bits per heavy atom. The van der Waals surface area contributed by atoms with Crippen molar-refractivity contribution in [1.82, 2.24) is 10.3 Å². The van der Waals surface area contributed by atoms with Gasteiger partial charge in [-0.2, -0.15) is 5.26 Å². The summed E-state index contributed by atoms with van der Waals surface area (Å²) in [5, 5.41) is 13.6. The zero-order chi connectivity index (χ0) is 14.3. The Balaban J connectivity index is 2.33. The van der Waals surface area contributed by atoms with Gasteiger partial charge < -0.3 is 0 Å². The number of hydrogen-bond acceptors (Lipinski definition) is 4. The molecule has 0 bridgehead atoms. The molecule has 0 radical (unpaired) electrons. The number of nitriles is 1. The van der Waals surface area contributed by atoms with Gasteiger partial charge in [0.1, 0.15) is 5.54 Å². The number of hydrogen-bond donors (Lipinski definition) is 1. The topological polar surface area (TPSA) is 48.7 Å². The molecule has 0 aliphatic heterocycles. The number of rotatable bonds is 7. The molecule has 1 aromatic heterocycles. The average Bonchev–Trinajstić information content (AvgIpc) is 2.36. The van der Waals surface area contributed by atoms with E-state index >= 15 is 0 Å². The first kappa shape index (κ1) is 16.5. The second-order valence-electron chi connectivity index (χ2n) is 5.01. The molecule has 1 rings (SSSR count). The molecule has 0 amide bonds. The van der Waals surface area contributed by atoms with Crippen LogP contribution in [0.5, 0.6) is 0 Å². The molecule has 0 aliphatic rings. The lowest BCUT2D eigenvalue weighted by molar-refractivity contribution is 0.380. The quantitative estimate of drug-likeness (QED) is 0.601. The summed E-state index contributed by atoms with van der Waals surface area (Å²) in [5.74, 6) is 0.978. The van der Waals surface area contributed by atoms with Gasteiger partial charge in [-0.3, -0.25) is 5.32 Å². The number of nitrogens with zero attached hydrogens (tertiary/aromatic N) is 2. The monoisotopic (exact) mass is 341 g/mol. The van der Waals surface area contributed by atoms with E-state index < -0.39 is 5.54 Å². The fourth-order valence-corrected chi connectivity index (χ4v) is 2.87. The van der Waals surface area contributed by atoms with Crippen LogP contribution in [-0.2, 0) is 0 Å².